The lowest BCUT2D eigenvalue weighted by Crippen LogP contribution is -2.10. The molecule has 0 N–H and O–H groups in total. The molecule has 0 bridgehead atoms. The van der Waals surface area contributed by atoms with Crippen molar-refractivity contribution in [2.45, 2.75) is 32.4 Å². The molecule has 0 heterocycles. The smallest absolute Gasteiger partial charge is 0.210 e. The van der Waals surface area contributed by atoms with Crippen LogP contribution in [0, 0.1) is 6.92 Å². The summed E-state index contributed by atoms with van der Waals surface area (Å²) in [7, 11) is 0. The van der Waals surface area contributed by atoms with E-state index in [0.29, 0.717) is 5.56 Å². The average molecular weight is 238 g/mol. The summed E-state index contributed by atoms with van der Waals surface area (Å²) in [5, 5.41) is 0. The van der Waals surface area contributed by atoms with Crippen LogP contribution in [-0.4, -0.2) is 6.43 Å². The molecule has 0 amide bonds. The largest absolute Gasteiger partial charge is 0.416 e. The Bertz CT molecular complexity index is 367. The molecule has 0 saturated carbocycles. The molecule has 0 spiro atoms. The highest BCUT2D eigenvalue weighted by Crippen LogP contribution is 2.33. The Morgan fingerprint density at radius 1 is 1.06 bits per heavy atom. The van der Waals surface area contributed by atoms with Crippen LogP contribution in [0.5, 0.6) is 0 Å². The highest BCUT2D eigenvalue weighted by molar-refractivity contribution is 5.33. The summed E-state index contributed by atoms with van der Waals surface area (Å²) < 4.78 is 62.1. The van der Waals surface area contributed by atoms with Crippen molar-refractivity contribution in [3.05, 3.63) is 34.9 Å². The first kappa shape index (κ1) is 12.9. The fraction of sp³-hybridized carbons (Fsp3) is 0.455. The maximum absolute atomic E-state index is 12.4. The van der Waals surface area contributed by atoms with Crippen LogP contribution in [0.15, 0.2) is 18.2 Å². The van der Waals surface area contributed by atoms with E-state index in [-0.39, 0.29) is 5.56 Å². The van der Waals surface area contributed by atoms with Crippen molar-refractivity contribution in [3.8, 4) is 0 Å². The number of hydrogen-bond acceptors (Lipinski definition) is 0. The second kappa shape index (κ2) is 4.39. The topological polar surface area (TPSA) is 0 Å². The van der Waals surface area contributed by atoms with Gasteiger partial charge in [-0.2, -0.15) is 13.2 Å². The summed E-state index contributed by atoms with van der Waals surface area (Å²) >= 11 is 0. The van der Waals surface area contributed by atoms with Crippen molar-refractivity contribution < 1.29 is 22.0 Å². The molecule has 0 aliphatic rings. The maximum atomic E-state index is 12.4. The molecule has 90 valence electrons. The van der Waals surface area contributed by atoms with Crippen LogP contribution in [0.25, 0.3) is 0 Å². The first-order chi connectivity index (χ1) is 7.21. The van der Waals surface area contributed by atoms with Gasteiger partial charge in [0.1, 0.15) is 0 Å². The zero-order chi connectivity index (χ0) is 12.5. The molecule has 0 nitrogen and oxygen atoms in total. The standard InChI is InChI=1S/C11H11F5/c1-6-3-8(7(2)10(12)13)5-9(4-6)11(14,15)16/h3-5,7,10H,1-2H3/t7-/m1/s1. The molecule has 0 radical (unpaired) electrons. The van der Waals surface area contributed by atoms with Gasteiger partial charge in [-0.1, -0.05) is 18.6 Å². The Morgan fingerprint density at radius 2 is 1.62 bits per heavy atom. The molecule has 1 rings (SSSR count). The van der Waals surface area contributed by atoms with E-state index >= 15 is 0 Å². The third-order valence-corrected chi connectivity index (χ3v) is 2.33. The van der Waals surface area contributed by atoms with E-state index in [9.17, 15) is 22.0 Å². The highest BCUT2D eigenvalue weighted by atomic mass is 19.4. The summed E-state index contributed by atoms with van der Waals surface area (Å²) in [6.07, 6.45) is -7.16. The molecule has 1 aromatic rings. The quantitative estimate of drug-likeness (QED) is 0.670. The van der Waals surface area contributed by atoms with Crippen molar-refractivity contribution in [3.63, 3.8) is 0 Å². The van der Waals surface area contributed by atoms with Crippen molar-refractivity contribution in [1.82, 2.24) is 0 Å². The third kappa shape index (κ3) is 2.93. The summed E-state index contributed by atoms with van der Waals surface area (Å²) in [6.45, 7) is 2.66. The van der Waals surface area contributed by atoms with E-state index < -0.39 is 24.1 Å². The highest BCUT2D eigenvalue weighted by Gasteiger charge is 2.31. The Kier molecular flexibility index (Phi) is 3.55. The predicted octanol–water partition coefficient (Wildman–Crippen LogP) is 4.38. The minimum Gasteiger partial charge on any atom is -0.210 e. The van der Waals surface area contributed by atoms with Crippen LogP contribution in [0.2, 0.25) is 0 Å². The van der Waals surface area contributed by atoms with Gasteiger partial charge in [0, 0.05) is 5.92 Å². The van der Waals surface area contributed by atoms with Gasteiger partial charge in [0.2, 0.25) is 6.43 Å². The SMILES string of the molecule is Cc1cc([C@@H](C)C(F)F)cc(C(F)(F)F)c1. The number of halogens is 5. The Morgan fingerprint density at radius 3 is 2.06 bits per heavy atom. The number of aryl methyl sites for hydroxylation is 1. The average Bonchev–Trinajstić information content (AvgIpc) is 2.14. The molecule has 0 fully saturated rings. The van der Waals surface area contributed by atoms with Crippen molar-refractivity contribution in [2.24, 2.45) is 0 Å². The second-order valence-electron chi connectivity index (χ2n) is 3.75. The minimum absolute atomic E-state index is 0.0160. The first-order valence-electron chi connectivity index (χ1n) is 4.68. The van der Waals surface area contributed by atoms with Gasteiger partial charge in [-0.25, -0.2) is 8.78 Å². The molecule has 16 heavy (non-hydrogen) atoms. The van der Waals surface area contributed by atoms with Gasteiger partial charge in [-0.15, -0.1) is 0 Å². The predicted molar refractivity (Wildman–Crippen MR) is 50.6 cm³/mol. The molecular formula is C11H11F5. The molecule has 0 aliphatic heterocycles. The van der Waals surface area contributed by atoms with Crippen LogP contribution in [0.1, 0.15) is 29.5 Å². The molecule has 5 heteroatoms. The number of alkyl halides is 5. The number of benzene rings is 1. The molecule has 0 unspecified atom stereocenters. The van der Waals surface area contributed by atoms with Gasteiger partial charge >= 0.3 is 6.18 Å². The van der Waals surface area contributed by atoms with Crippen molar-refractivity contribution in [2.75, 3.05) is 0 Å². The van der Waals surface area contributed by atoms with Gasteiger partial charge in [0.15, 0.2) is 0 Å². The maximum Gasteiger partial charge on any atom is 0.416 e. The lowest BCUT2D eigenvalue weighted by molar-refractivity contribution is -0.137. The zero-order valence-corrected chi connectivity index (χ0v) is 8.78. The monoisotopic (exact) mass is 238 g/mol. The van der Waals surface area contributed by atoms with Gasteiger partial charge < -0.3 is 0 Å². The van der Waals surface area contributed by atoms with E-state index in [1.807, 2.05) is 0 Å². The molecule has 0 aliphatic carbocycles. The summed E-state index contributed by atoms with van der Waals surface area (Å²) in [4.78, 5) is 0. The zero-order valence-electron chi connectivity index (χ0n) is 8.78. The van der Waals surface area contributed by atoms with Crippen LogP contribution in [0.4, 0.5) is 22.0 Å². The van der Waals surface area contributed by atoms with E-state index in [1.165, 1.54) is 19.9 Å². The fourth-order valence-electron chi connectivity index (χ4n) is 1.38. The molecular weight excluding hydrogens is 227 g/mol. The molecule has 1 atom stereocenters. The van der Waals surface area contributed by atoms with Crippen molar-refractivity contribution >= 4 is 0 Å². The van der Waals surface area contributed by atoms with Gasteiger partial charge in [-0.05, 0) is 24.6 Å². The normalized spacial score (nSPS) is 14.2. The van der Waals surface area contributed by atoms with Gasteiger partial charge in [0.25, 0.3) is 0 Å². The van der Waals surface area contributed by atoms with Crippen LogP contribution in [0.3, 0.4) is 0 Å². The van der Waals surface area contributed by atoms with Gasteiger partial charge in [0.05, 0.1) is 5.56 Å². The summed E-state index contributed by atoms with van der Waals surface area (Å²) in [5.74, 6) is -1.19. The minimum atomic E-state index is -4.50. The molecule has 0 saturated heterocycles. The lowest BCUT2D eigenvalue weighted by Gasteiger charge is -2.15. The Hall–Kier alpha value is -1.13. The summed E-state index contributed by atoms with van der Waals surface area (Å²) in [6, 6.07) is 3.08. The fourth-order valence-corrected chi connectivity index (χ4v) is 1.38. The number of hydrogen-bond donors (Lipinski definition) is 0. The van der Waals surface area contributed by atoms with E-state index in [2.05, 4.69) is 0 Å². The van der Waals surface area contributed by atoms with Crippen molar-refractivity contribution in [1.29, 1.82) is 0 Å². The second-order valence-corrected chi connectivity index (χ2v) is 3.75. The van der Waals surface area contributed by atoms with E-state index in [0.717, 1.165) is 12.1 Å². The summed E-state index contributed by atoms with van der Waals surface area (Å²) in [5.41, 5.74) is -0.533. The third-order valence-electron chi connectivity index (χ3n) is 2.33. The molecule has 0 aromatic heterocycles. The first-order valence-corrected chi connectivity index (χ1v) is 4.68. The van der Waals surface area contributed by atoms with Crippen LogP contribution in [-0.2, 0) is 6.18 Å². The Labute approximate surface area is 90.1 Å². The lowest BCUT2D eigenvalue weighted by atomic mass is 9.97. The van der Waals surface area contributed by atoms with Crippen LogP contribution < -0.4 is 0 Å². The molecule has 1 aromatic carbocycles. The van der Waals surface area contributed by atoms with Gasteiger partial charge in [-0.3, -0.25) is 0 Å². The van der Waals surface area contributed by atoms with E-state index in [1.54, 1.807) is 0 Å². The van der Waals surface area contributed by atoms with E-state index in [4.69, 9.17) is 0 Å². The number of rotatable bonds is 2. The Balaban J connectivity index is 3.18. The van der Waals surface area contributed by atoms with Crippen LogP contribution >= 0.6 is 0 Å².